The topological polar surface area (TPSA) is 102 Å². The molecule has 0 heterocycles. The maximum Gasteiger partial charge on any atom is 0.0992 e. The molecule has 0 saturated heterocycles. The summed E-state index contributed by atoms with van der Waals surface area (Å²) in [6, 6.07) is 74.6. The summed E-state index contributed by atoms with van der Waals surface area (Å²) in [6.07, 6.45) is 0. The van der Waals surface area contributed by atoms with E-state index in [4.69, 9.17) is 0 Å². The number of hydrogen-bond acceptors (Lipinski definition) is 6. The predicted octanol–water partition coefficient (Wildman–Crippen LogP) is 13.6. The van der Waals surface area contributed by atoms with Crippen molar-refractivity contribution in [2.45, 2.75) is 5.41 Å². The lowest BCUT2D eigenvalue weighted by molar-refractivity contribution is 0.773. The highest BCUT2D eigenvalue weighted by atomic mass is 15.1. The molecule has 63 heavy (non-hydrogen) atoms. The normalized spacial score (nSPS) is 12.2. The standard InChI is InChI=1S/C57H32N6/c58-33-37-10-5-14-41(28-37)62(42-15-6-11-38(29-42)34-59)45-24-25-48-49-26-27-55(63(43-16-7-12-39(30-43)35-60)44-17-8-13-40(31-44)36-61)50-20-9-23-53(56(49)50)57(54(48)32-45)51-21-3-1-18-46(51)47-19-2-4-22-52(47)57/h1-32H. The van der Waals surface area contributed by atoms with E-state index in [2.05, 4.69) is 131 Å². The Labute approximate surface area is 364 Å². The Kier molecular flexibility index (Phi) is 8.49. The summed E-state index contributed by atoms with van der Waals surface area (Å²) >= 11 is 0. The van der Waals surface area contributed by atoms with Crippen molar-refractivity contribution in [1.29, 1.82) is 21.0 Å². The minimum Gasteiger partial charge on any atom is -0.310 e. The van der Waals surface area contributed by atoms with Crippen LogP contribution in [0.3, 0.4) is 0 Å². The molecular formula is C57H32N6. The lowest BCUT2D eigenvalue weighted by Crippen LogP contribution is -2.32. The molecule has 0 amide bonds. The summed E-state index contributed by atoms with van der Waals surface area (Å²) in [4.78, 5) is 4.28. The summed E-state index contributed by atoms with van der Waals surface area (Å²) in [7, 11) is 0. The average molecular weight is 801 g/mol. The van der Waals surface area contributed by atoms with Gasteiger partial charge in [0.1, 0.15) is 0 Å². The fraction of sp³-hybridized carbons (Fsp3) is 0.0175. The predicted molar refractivity (Wildman–Crippen MR) is 248 cm³/mol. The van der Waals surface area contributed by atoms with Crippen LogP contribution < -0.4 is 9.80 Å². The number of nitrogens with zero attached hydrogens (tertiary/aromatic N) is 6. The first-order chi connectivity index (χ1) is 31.0. The van der Waals surface area contributed by atoms with E-state index in [1.807, 2.05) is 72.8 Å². The summed E-state index contributed by atoms with van der Waals surface area (Å²) in [5, 5.41) is 42.2. The Morgan fingerprint density at radius 3 is 1.24 bits per heavy atom. The van der Waals surface area contributed by atoms with Gasteiger partial charge in [-0.1, -0.05) is 103 Å². The smallest absolute Gasteiger partial charge is 0.0992 e. The molecule has 6 heteroatoms. The molecule has 0 bridgehead atoms. The number of anilines is 6. The zero-order valence-corrected chi connectivity index (χ0v) is 33.7. The molecule has 0 saturated carbocycles. The van der Waals surface area contributed by atoms with E-state index in [0.29, 0.717) is 22.3 Å². The Bertz CT molecular complexity index is 3400. The molecule has 0 aliphatic heterocycles. The Balaban J connectivity index is 1.24. The van der Waals surface area contributed by atoms with Gasteiger partial charge >= 0.3 is 0 Å². The highest BCUT2D eigenvalue weighted by molar-refractivity contribution is 6.12. The van der Waals surface area contributed by atoms with E-state index in [0.717, 1.165) is 67.2 Å². The molecule has 9 aromatic carbocycles. The summed E-state index contributed by atoms with van der Waals surface area (Å²) in [5.74, 6) is 0. The molecule has 2 aliphatic carbocycles. The van der Waals surface area contributed by atoms with Crippen molar-refractivity contribution in [3.05, 3.63) is 239 Å². The second-order valence-corrected chi connectivity index (χ2v) is 15.8. The van der Waals surface area contributed by atoms with Gasteiger partial charge in [0, 0.05) is 33.8 Å². The lowest BCUT2D eigenvalue weighted by atomic mass is 9.61. The number of fused-ring (bicyclic) bond motifs is 9. The van der Waals surface area contributed by atoms with Crippen LogP contribution in [0.2, 0.25) is 0 Å². The van der Waals surface area contributed by atoms with Gasteiger partial charge in [-0.15, -0.1) is 0 Å². The molecule has 290 valence electrons. The van der Waals surface area contributed by atoms with E-state index in [9.17, 15) is 21.0 Å². The monoisotopic (exact) mass is 800 g/mol. The first kappa shape index (κ1) is 36.8. The summed E-state index contributed by atoms with van der Waals surface area (Å²) < 4.78 is 0. The van der Waals surface area contributed by atoms with Gasteiger partial charge in [0.2, 0.25) is 0 Å². The first-order valence-electron chi connectivity index (χ1n) is 20.6. The minimum atomic E-state index is -0.759. The highest BCUT2D eigenvalue weighted by Crippen LogP contribution is 2.63. The fourth-order valence-corrected chi connectivity index (χ4v) is 10.0. The van der Waals surface area contributed by atoms with E-state index in [1.165, 1.54) is 22.3 Å². The first-order valence-corrected chi connectivity index (χ1v) is 20.6. The molecule has 2 aliphatic rings. The zero-order chi connectivity index (χ0) is 42.7. The molecular weight excluding hydrogens is 769 g/mol. The van der Waals surface area contributed by atoms with Gasteiger partial charge in [-0.3, -0.25) is 0 Å². The second kappa shape index (κ2) is 14.5. The summed E-state index contributed by atoms with van der Waals surface area (Å²) in [6.45, 7) is 0. The van der Waals surface area contributed by atoms with Crippen molar-refractivity contribution < 1.29 is 0 Å². The van der Waals surface area contributed by atoms with Gasteiger partial charge in [-0.05, 0) is 141 Å². The quantitative estimate of drug-likeness (QED) is 0.166. The Morgan fingerprint density at radius 1 is 0.317 bits per heavy atom. The van der Waals surface area contributed by atoms with E-state index < -0.39 is 5.41 Å². The average Bonchev–Trinajstić information content (AvgIpc) is 3.64. The van der Waals surface area contributed by atoms with Crippen LogP contribution in [0, 0.1) is 45.3 Å². The van der Waals surface area contributed by atoms with Crippen LogP contribution in [0.1, 0.15) is 44.5 Å². The van der Waals surface area contributed by atoms with E-state index in [1.54, 1.807) is 24.3 Å². The van der Waals surface area contributed by atoms with Crippen molar-refractivity contribution in [2.24, 2.45) is 0 Å². The van der Waals surface area contributed by atoms with Gasteiger partial charge < -0.3 is 9.80 Å². The van der Waals surface area contributed by atoms with Crippen LogP contribution in [0.15, 0.2) is 194 Å². The van der Waals surface area contributed by atoms with E-state index in [-0.39, 0.29) is 0 Å². The maximum atomic E-state index is 10.0. The third-order valence-corrected chi connectivity index (χ3v) is 12.5. The zero-order valence-electron chi connectivity index (χ0n) is 33.7. The molecule has 0 radical (unpaired) electrons. The van der Waals surface area contributed by atoms with Gasteiger partial charge in [-0.2, -0.15) is 21.0 Å². The molecule has 0 unspecified atom stereocenters. The molecule has 9 aromatic rings. The minimum absolute atomic E-state index is 0.533. The summed E-state index contributed by atoms with van der Waals surface area (Å²) in [5.41, 5.74) is 15.5. The molecule has 6 nitrogen and oxygen atoms in total. The molecule has 0 N–H and O–H groups in total. The molecule has 0 atom stereocenters. The van der Waals surface area contributed by atoms with Crippen LogP contribution >= 0.6 is 0 Å². The van der Waals surface area contributed by atoms with Gasteiger partial charge in [0.05, 0.1) is 57.6 Å². The van der Waals surface area contributed by atoms with Crippen molar-refractivity contribution >= 4 is 44.9 Å². The van der Waals surface area contributed by atoms with Gasteiger partial charge in [0.15, 0.2) is 0 Å². The molecule has 0 aromatic heterocycles. The number of rotatable bonds is 6. The Hall–Kier alpha value is -9.20. The van der Waals surface area contributed by atoms with Crippen LogP contribution in [-0.4, -0.2) is 0 Å². The maximum absolute atomic E-state index is 10.0. The van der Waals surface area contributed by atoms with Crippen molar-refractivity contribution in [3.8, 4) is 46.5 Å². The van der Waals surface area contributed by atoms with Crippen molar-refractivity contribution in [1.82, 2.24) is 0 Å². The van der Waals surface area contributed by atoms with Crippen LogP contribution in [0.4, 0.5) is 34.1 Å². The number of benzene rings is 9. The lowest BCUT2D eigenvalue weighted by Gasteiger charge is -2.41. The third kappa shape index (κ3) is 5.54. The Morgan fingerprint density at radius 2 is 0.730 bits per heavy atom. The molecule has 11 rings (SSSR count). The van der Waals surface area contributed by atoms with Gasteiger partial charge in [0.25, 0.3) is 0 Å². The van der Waals surface area contributed by atoms with Crippen molar-refractivity contribution in [3.63, 3.8) is 0 Å². The SMILES string of the molecule is N#Cc1cccc(N(c2cccc(C#N)c2)c2ccc3c(c2)C2(c4ccccc4-c4ccccc42)c2cccc4c(N(c5cccc(C#N)c5)c5cccc(C#N)c5)ccc-3c24)c1. The number of hydrogen-bond donors (Lipinski definition) is 0. The second-order valence-electron chi connectivity index (χ2n) is 15.8. The largest absolute Gasteiger partial charge is 0.310 e. The van der Waals surface area contributed by atoms with Crippen LogP contribution in [0.25, 0.3) is 33.0 Å². The molecule has 0 fully saturated rings. The molecule has 1 spiro atoms. The number of nitriles is 4. The van der Waals surface area contributed by atoms with E-state index >= 15 is 0 Å². The fourth-order valence-electron chi connectivity index (χ4n) is 10.0. The van der Waals surface area contributed by atoms with Gasteiger partial charge in [-0.25, -0.2) is 0 Å². The van der Waals surface area contributed by atoms with Crippen LogP contribution in [0.5, 0.6) is 0 Å². The van der Waals surface area contributed by atoms with Crippen molar-refractivity contribution in [2.75, 3.05) is 9.80 Å². The van der Waals surface area contributed by atoms with Crippen LogP contribution in [-0.2, 0) is 5.41 Å². The highest BCUT2D eigenvalue weighted by Gasteiger charge is 2.50. The third-order valence-electron chi connectivity index (χ3n) is 12.5.